The number of nitrogens with zero attached hydrogens (tertiary/aromatic N) is 1. The van der Waals surface area contributed by atoms with Gasteiger partial charge in [0.1, 0.15) is 5.60 Å². The Morgan fingerprint density at radius 3 is 2.30 bits per heavy atom. The Kier molecular flexibility index (Phi) is 1.58. The van der Waals surface area contributed by atoms with Gasteiger partial charge in [-0.15, -0.1) is 0 Å². The summed E-state index contributed by atoms with van der Waals surface area (Å²) < 4.78 is 6.29. The summed E-state index contributed by atoms with van der Waals surface area (Å²) in [6.07, 6.45) is -0.360. The average Bonchev–Trinajstić information content (AvgIpc) is 1.95. The van der Waals surface area contributed by atoms with Crippen LogP contribution in [0.4, 0.5) is 4.79 Å². The lowest BCUT2D eigenvalue weighted by molar-refractivity contribution is 0.0717. The Balaban J connectivity index is 2.81. The third kappa shape index (κ3) is 0.963. The molecule has 10 heavy (non-hydrogen) atoms. The van der Waals surface area contributed by atoms with Gasteiger partial charge in [0.2, 0.25) is 0 Å². The zero-order chi connectivity index (χ0) is 7.94. The van der Waals surface area contributed by atoms with Crippen LogP contribution in [0.5, 0.6) is 0 Å². The van der Waals surface area contributed by atoms with Crippen LogP contribution in [0.25, 0.3) is 0 Å². The molecule has 0 bridgehead atoms. The molecule has 1 aliphatic rings. The third-order valence-corrected chi connectivity index (χ3v) is 2.42. The largest absolute Gasteiger partial charge is 0.441 e. The quantitative estimate of drug-likeness (QED) is 0.545. The van der Waals surface area contributed by atoms with E-state index >= 15 is 0 Å². The number of amides is 1. The first-order valence-electron chi connectivity index (χ1n) is 3.16. The van der Waals surface area contributed by atoms with Gasteiger partial charge in [-0.25, -0.2) is 9.10 Å². The molecule has 1 rings (SSSR count). The zero-order valence-corrected chi connectivity index (χ0v) is 7.18. The van der Waals surface area contributed by atoms with Gasteiger partial charge in [-0.2, -0.15) is 0 Å². The maximum atomic E-state index is 10.8. The molecule has 0 saturated carbocycles. The van der Waals surface area contributed by atoms with E-state index in [1.54, 1.807) is 0 Å². The summed E-state index contributed by atoms with van der Waals surface area (Å²) in [6, 6.07) is 0.0309. The predicted molar refractivity (Wildman–Crippen MR) is 40.8 cm³/mol. The number of thiol groups is 1. The van der Waals surface area contributed by atoms with E-state index in [0.717, 1.165) is 0 Å². The Hall–Kier alpha value is -0.380. The van der Waals surface area contributed by atoms with E-state index in [9.17, 15) is 4.79 Å². The van der Waals surface area contributed by atoms with E-state index in [1.165, 1.54) is 4.31 Å². The fourth-order valence-corrected chi connectivity index (χ4v) is 1.13. The van der Waals surface area contributed by atoms with Crippen LogP contribution in [0.1, 0.15) is 20.8 Å². The summed E-state index contributed by atoms with van der Waals surface area (Å²) in [4.78, 5) is 10.8. The Bertz CT molecular complexity index is 169. The van der Waals surface area contributed by atoms with Crippen molar-refractivity contribution in [1.29, 1.82) is 0 Å². The fourth-order valence-electron chi connectivity index (χ4n) is 0.810. The third-order valence-electron chi connectivity index (χ3n) is 1.91. The number of hydrogen-bond donors (Lipinski definition) is 1. The number of hydrogen-bond acceptors (Lipinski definition) is 3. The van der Waals surface area contributed by atoms with Crippen molar-refractivity contribution >= 4 is 18.9 Å². The summed E-state index contributed by atoms with van der Waals surface area (Å²) in [5, 5.41) is 0. The Labute approximate surface area is 65.9 Å². The number of cyclic esters (lactones) is 1. The summed E-state index contributed by atoms with van der Waals surface area (Å²) in [6.45, 7) is 5.63. The Morgan fingerprint density at radius 1 is 1.70 bits per heavy atom. The molecule has 1 atom stereocenters. The van der Waals surface area contributed by atoms with Gasteiger partial charge in [-0.3, -0.25) is 0 Å². The normalized spacial score (nSPS) is 30.6. The van der Waals surface area contributed by atoms with Crippen molar-refractivity contribution in [1.82, 2.24) is 4.31 Å². The number of rotatable bonds is 0. The highest BCUT2D eigenvalue weighted by atomic mass is 32.1. The molecule has 1 aliphatic heterocycles. The molecule has 0 aromatic rings. The minimum atomic E-state index is -0.404. The average molecular weight is 161 g/mol. The van der Waals surface area contributed by atoms with Crippen LogP contribution < -0.4 is 0 Å². The fraction of sp³-hybridized carbons (Fsp3) is 0.833. The van der Waals surface area contributed by atoms with Gasteiger partial charge in [-0.05, 0) is 20.8 Å². The van der Waals surface area contributed by atoms with E-state index in [-0.39, 0.29) is 12.1 Å². The molecular weight excluding hydrogens is 150 g/mol. The van der Waals surface area contributed by atoms with E-state index in [0.29, 0.717) is 0 Å². The van der Waals surface area contributed by atoms with Crippen molar-refractivity contribution in [3.05, 3.63) is 0 Å². The van der Waals surface area contributed by atoms with Crippen molar-refractivity contribution in [3.63, 3.8) is 0 Å². The molecule has 1 amide bonds. The van der Waals surface area contributed by atoms with Crippen LogP contribution in [-0.2, 0) is 4.74 Å². The molecule has 1 saturated heterocycles. The molecular formula is C6H11NO2S. The zero-order valence-electron chi connectivity index (χ0n) is 6.29. The lowest BCUT2D eigenvalue weighted by atomic mass is 10.0. The summed E-state index contributed by atoms with van der Waals surface area (Å²) in [5.41, 5.74) is -0.404. The second kappa shape index (κ2) is 2.05. The molecule has 0 radical (unpaired) electrons. The van der Waals surface area contributed by atoms with Crippen molar-refractivity contribution in [3.8, 4) is 0 Å². The highest BCUT2D eigenvalue weighted by Gasteiger charge is 2.43. The highest BCUT2D eigenvalue weighted by molar-refractivity contribution is 7.78. The van der Waals surface area contributed by atoms with Crippen molar-refractivity contribution in [2.75, 3.05) is 0 Å². The van der Waals surface area contributed by atoms with Gasteiger partial charge in [-0.1, -0.05) is 12.8 Å². The summed E-state index contributed by atoms with van der Waals surface area (Å²) >= 11 is 3.95. The number of carbonyl (C=O) groups is 1. The minimum absolute atomic E-state index is 0.0309. The van der Waals surface area contributed by atoms with Gasteiger partial charge in [0.05, 0.1) is 6.04 Å². The molecule has 4 heteroatoms. The molecule has 0 aromatic heterocycles. The van der Waals surface area contributed by atoms with Crippen LogP contribution in [-0.4, -0.2) is 22.0 Å². The second-order valence-corrected chi connectivity index (χ2v) is 3.42. The SMILES string of the molecule is C[C@H]1N(S)C(=O)OC1(C)C. The summed E-state index contributed by atoms with van der Waals surface area (Å²) in [5.74, 6) is 0. The monoisotopic (exact) mass is 161 g/mol. The first kappa shape index (κ1) is 7.72. The number of carbonyl (C=O) groups excluding carboxylic acids is 1. The maximum Gasteiger partial charge on any atom is 0.420 e. The molecule has 3 nitrogen and oxygen atoms in total. The Morgan fingerprint density at radius 2 is 2.20 bits per heavy atom. The van der Waals surface area contributed by atoms with Crippen LogP contribution in [0.3, 0.4) is 0 Å². The molecule has 0 aromatic carbocycles. The van der Waals surface area contributed by atoms with Gasteiger partial charge < -0.3 is 4.74 Å². The van der Waals surface area contributed by atoms with Crippen molar-refractivity contribution in [2.45, 2.75) is 32.4 Å². The molecule has 0 N–H and O–H groups in total. The van der Waals surface area contributed by atoms with E-state index in [2.05, 4.69) is 12.8 Å². The molecule has 1 fully saturated rings. The smallest absolute Gasteiger partial charge is 0.420 e. The molecule has 1 heterocycles. The van der Waals surface area contributed by atoms with Crippen LogP contribution in [0.2, 0.25) is 0 Å². The first-order chi connectivity index (χ1) is 4.45. The van der Waals surface area contributed by atoms with Gasteiger partial charge in [0.25, 0.3) is 0 Å². The lowest BCUT2D eigenvalue weighted by Crippen LogP contribution is -2.34. The second-order valence-electron chi connectivity index (χ2n) is 2.99. The van der Waals surface area contributed by atoms with E-state index in [4.69, 9.17) is 4.74 Å². The van der Waals surface area contributed by atoms with Crippen LogP contribution >= 0.6 is 12.8 Å². The molecule has 58 valence electrons. The first-order valence-corrected chi connectivity index (χ1v) is 3.56. The van der Waals surface area contributed by atoms with Gasteiger partial charge in [0.15, 0.2) is 0 Å². The van der Waals surface area contributed by atoms with E-state index in [1.807, 2.05) is 20.8 Å². The van der Waals surface area contributed by atoms with Gasteiger partial charge in [0, 0.05) is 0 Å². The summed E-state index contributed by atoms with van der Waals surface area (Å²) in [7, 11) is 0. The van der Waals surface area contributed by atoms with Gasteiger partial charge >= 0.3 is 6.09 Å². The predicted octanol–water partition coefficient (Wildman–Crippen LogP) is 1.45. The van der Waals surface area contributed by atoms with Crippen molar-refractivity contribution in [2.24, 2.45) is 0 Å². The number of ether oxygens (including phenoxy) is 1. The standard InChI is InChI=1S/C6H11NO2S/c1-4-6(2,3)9-5(8)7(4)10/h4,10H,1-3H3/t4-/m1/s1. The lowest BCUT2D eigenvalue weighted by Gasteiger charge is -2.21. The molecule has 0 spiro atoms. The maximum absolute atomic E-state index is 10.8. The van der Waals surface area contributed by atoms with Crippen LogP contribution in [0.15, 0.2) is 0 Å². The van der Waals surface area contributed by atoms with Crippen LogP contribution in [0, 0.1) is 0 Å². The minimum Gasteiger partial charge on any atom is -0.441 e. The highest BCUT2D eigenvalue weighted by Crippen LogP contribution is 2.29. The topological polar surface area (TPSA) is 29.5 Å². The molecule has 0 unspecified atom stereocenters. The van der Waals surface area contributed by atoms with E-state index < -0.39 is 5.60 Å². The molecule has 0 aliphatic carbocycles. The van der Waals surface area contributed by atoms with Crippen molar-refractivity contribution < 1.29 is 9.53 Å².